The lowest BCUT2D eigenvalue weighted by Gasteiger charge is -2.24. The van der Waals surface area contributed by atoms with Crippen LogP contribution < -0.4 is 0 Å². The predicted molar refractivity (Wildman–Crippen MR) is 148 cm³/mol. The van der Waals surface area contributed by atoms with Crippen LogP contribution in [0.5, 0.6) is 0 Å². The van der Waals surface area contributed by atoms with Gasteiger partial charge in [0.25, 0.3) is 0 Å². The van der Waals surface area contributed by atoms with Crippen molar-refractivity contribution in [3.63, 3.8) is 0 Å². The molecule has 0 saturated carbocycles. The number of fused-ring (bicyclic) bond motifs is 3. The summed E-state index contributed by atoms with van der Waals surface area (Å²) in [5.74, 6) is 0.106. The number of unbranched alkanes of at least 4 members (excludes halogenated alkanes) is 2. The molecule has 0 radical (unpaired) electrons. The number of carbonyl (C=O) groups excluding carboxylic acids is 2. The fourth-order valence-electron chi connectivity index (χ4n) is 5.87. The van der Waals surface area contributed by atoms with Gasteiger partial charge >= 0.3 is 5.97 Å². The van der Waals surface area contributed by atoms with Crippen LogP contribution in [0.2, 0.25) is 0 Å². The number of Topliss-reactive ketones (excluding diaryl/α,β-unsaturated/α-hetero) is 1. The molecule has 0 N–H and O–H groups in total. The molecule has 1 unspecified atom stereocenters. The van der Waals surface area contributed by atoms with Crippen molar-refractivity contribution >= 4 is 22.7 Å². The molecule has 4 heteroatoms. The molecule has 190 valence electrons. The van der Waals surface area contributed by atoms with Gasteiger partial charge in [0, 0.05) is 29.6 Å². The van der Waals surface area contributed by atoms with E-state index in [2.05, 4.69) is 60.0 Å². The van der Waals surface area contributed by atoms with Crippen molar-refractivity contribution in [3.05, 3.63) is 106 Å². The van der Waals surface area contributed by atoms with Crippen molar-refractivity contribution in [1.82, 2.24) is 4.57 Å². The number of ketones is 1. The van der Waals surface area contributed by atoms with Crippen LogP contribution in [0.4, 0.5) is 0 Å². The van der Waals surface area contributed by atoms with Crippen LogP contribution in [-0.4, -0.2) is 23.4 Å². The summed E-state index contributed by atoms with van der Waals surface area (Å²) < 4.78 is 7.38. The number of methoxy groups -OCH3 is 1. The maximum atomic E-state index is 13.6. The van der Waals surface area contributed by atoms with Gasteiger partial charge < -0.3 is 9.30 Å². The average Bonchev–Trinajstić information content (AvgIpc) is 3.23. The molecule has 1 atom stereocenters. The number of benzene rings is 3. The number of rotatable bonds is 9. The number of ether oxygens (including phenoxy) is 1. The zero-order chi connectivity index (χ0) is 25.8. The highest BCUT2D eigenvalue weighted by molar-refractivity contribution is 6.16. The number of hydrogen-bond acceptors (Lipinski definition) is 3. The Kier molecular flexibility index (Phi) is 7.55. The smallest absolute Gasteiger partial charge is 0.338 e. The van der Waals surface area contributed by atoms with Gasteiger partial charge in [0.15, 0.2) is 5.78 Å². The zero-order valence-corrected chi connectivity index (χ0v) is 21.8. The summed E-state index contributed by atoms with van der Waals surface area (Å²) in [6.45, 7) is 2.87. The Bertz CT molecular complexity index is 1420. The van der Waals surface area contributed by atoms with E-state index in [1.54, 1.807) is 6.07 Å². The number of nitrogens with zero attached hydrogens (tertiary/aromatic N) is 1. The van der Waals surface area contributed by atoms with E-state index in [0.29, 0.717) is 24.4 Å². The number of aromatic nitrogens is 1. The summed E-state index contributed by atoms with van der Waals surface area (Å²) in [7, 11) is 1.40. The minimum atomic E-state index is -0.395. The molecule has 0 spiro atoms. The van der Waals surface area contributed by atoms with Crippen LogP contribution in [0.3, 0.4) is 0 Å². The van der Waals surface area contributed by atoms with Gasteiger partial charge in [0.05, 0.1) is 18.2 Å². The molecule has 1 heterocycles. The lowest BCUT2D eigenvalue weighted by atomic mass is 9.82. The maximum Gasteiger partial charge on any atom is 0.338 e. The van der Waals surface area contributed by atoms with Crippen molar-refractivity contribution in [2.75, 3.05) is 7.11 Å². The number of esters is 1. The number of carbonyl (C=O) groups is 2. The standard InChI is InChI=1S/C33H35NO3/c1-3-4-6-13-25-20-29-32(30(35)21-25)31-27(33(36)37-2)16-10-17-28(31)34(29)22-26-15-9-14-24(19-26)18-23-11-7-5-8-12-23/h5,7-12,14-17,19,25H,3-4,6,13,18,20-22H2,1-2H3. The highest BCUT2D eigenvalue weighted by Crippen LogP contribution is 2.38. The Morgan fingerprint density at radius 1 is 0.919 bits per heavy atom. The van der Waals surface area contributed by atoms with E-state index in [0.717, 1.165) is 47.8 Å². The molecule has 1 aliphatic rings. The Morgan fingerprint density at radius 2 is 1.68 bits per heavy atom. The van der Waals surface area contributed by atoms with Crippen molar-refractivity contribution in [1.29, 1.82) is 0 Å². The molecule has 0 aliphatic heterocycles. The molecule has 0 bridgehead atoms. The predicted octanol–water partition coefficient (Wildman–Crippen LogP) is 7.39. The molecule has 0 fully saturated rings. The minimum Gasteiger partial charge on any atom is -0.465 e. The first-order valence-corrected chi connectivity index (χ1v) is 13.5. The third-order valence-corrected chi connectivity index (χ3v) is 7.64. The summed E-state index contributed by atoms with van der Waals surface area (Å²) in [4.78, 5) is 26.3. The van der Waals surface area contributed by atoms with Gasteiger partial charge in [-0.1, -0.05) is 86.8 Å². The molecular weight excluding hydrogens is 458 g/mol. The van der Waals surface area contributed by atoms with E-state index in [4.69, 9.17) is 4.74 Å². The summed E-state index contributed by atoms with van der Waals surface area (Å²) >= 11 is 0. The van der Waals surface area contributed by atoms with Crippen LogP contribution in [0, 0.1) is 5.92 Å². The lowest BCUT2D eigenvalue weighted by Crippen LogP contribution is -2.22. The molecule has 4 nitrogen and oxygen atoms in total. The largest absolute Gasteiger partial charge is 0.465 e. The van der Waals surface area contributed by atoms with Gasteiger partial charge in [-0.25, -0.2) is 4.79 Å². The van der Waals surface area contributed by atoms with E-state index < -0.39 is 5.97 Å². The Morgan fingerprint density at radius 3 is 2.46 bits per heavy atom. The second-order valence-corrected chi connectivity index (χ2v) is 10.3. The minimum absolute atomic E-state index is 0.153. The van der Waals surface area contributed by atoms with Gasteiger partial charge in [-0.15, -0.1) is 0 Å². The van der Waals surface area contributed by atoms with E-state index >= 15 is 0 Å². The maximum absolute atomic E-state index is 13.6. The highest BCUT2D eigenvalue weighted by atomic mass is 16.5. The van der Waals surface area contributed by atoms with Crippen LogP contribution in [0.25, 0.3) is 10.9 Å². The summed E-state index contributed by atoms with van der Waals surface area (Å²) in [5.41, 5.74) is 6.94. The molecule has 37 heavy (non-hydrogen) atoms. The fourth-order valence-corrected chi connectivity index (χ4v) is 5.87. The van der Waals surface area contributed by atoms with E-state index in [1.165, 1.54) is 36.6 Å². The van der Waals surface area contributed by atoms with E-state index in [-0.39, 0.29) is 5.78 Å². The van der Waals surface area contributed by atoms with Crippen molar-refractivity contribution in [3.8, 4) is 0 Å². The highest BCUT2D eigenvalue weighted by Gasteiger charge is 2.33. The Labute approximate surface area is 219 Å². The normalized spacial score (nSPS) is 15.1. The van der Waals surface area contributed by atoms with Crippen LogP contribution in [0.1, 0.15) is 82.1 Å². The van der Waals surface area contributed by atoms with Gasteiger partial charge in [-0.2, -0.15) is 0 Å². The monoisotopic (exact) mass is 493 g/mol. The SMILES string of the molecule is CCCCCC1CC(=O)c2c(n(Cc3cccc(Cc4ccccc4)c3)c3cccc(C(=O)OC)c23)C1. The topological polar surface area (TPSA) is 48.3 Å². The van der Waals surface area contributed by atoms with Crippen LogP contribution in [0.15, 0.2) is 72.8 Å². The molecule has 0 saturated heterocycles. The first-order valence-electron chi connectivity index (χ1n) is 13.5. The Balaban J connectivity index is 1.56. The van der Waals surface area contributed by atoms with Gasteiger partial charge in [0.1, 0.15) is 0 Å². The lowest BCUT2D eigenvalue weighted by molar-refractivity contribution is 0.0603. The average molecular weight is 494 g/mol. The van der Waals surface area contributed by atoms with Gasteiger partial charge in [-0.3, -0.25) is 4.79 Å². The van der Waals surface area contributed by atoms with Crippen LogP contribution in [-0.2, 0) is 24.1 Å². The second kappa shape index (κ2) is 11.2. The summed E-state index contributed by atoms with van der Waals surface area (Å²) in [6, 6.07) is 24.9. The molecule has 3 aromatic carbocycles. The Hall–Kier alpha value is -3.66. The summed E-state index contributed by atoms with van der Waals surface area (Å²) in [5, 5.41) is 0.752. The van der Waals surface area contributed by atoms with Crippen molar-refractivity contribution in [2.24, 2.45) is 5.92 Å². The fraction of sp³-hybridized carbons (Fsp3) is 0.333. The number of hydrogen-bond donors (Lipinski definition) is 0. The molecule has 1 aromatic heterocycles. The van der Waals surface area contributed by atoms with Crippen LogP contribution >= 0.6 is 0 Å². The molecule has 5 rings (SSSR count). The van der Waals surface area contributed by atoms with Crippen molar-refractivity contribution < 1.29 is 14.3 Å². The van der Waals surface area contributed by atoms with Crippen molar-refractivity contribution in [2.45, 2.75) is 58.4 Å². The third kappa shape index (κ3) is 5.24. The first-order chi connectivity index (χ1) is 18.1. The van der Waals surface area contributed by atoms with Gasteiger partial charge in [0.2, 0.25) is 0 Å². The molecule has 0 amide bonds. The first kappa shape index (κ1) is 25.0. The second-order valence-electron chi connectivity index (χ2n) is 10.3. The molecular formula is C33H35NO3. The molecule has 1 aliphatic carbocycles. The van der Waals surface area contributed by atoms with E-state index in [1.807, 2.05) is 18.2 Å². The third-order valence-electron chi connectivity index (χ3n) is 7.64. The zero-order valence-electron chi connectivity index (χ0n) is 21.8. The summed E-state index contributed by atoms with van der Waals surface area (Å²) in [6.07, 6.45) is 6.89. The van der Waals surface area contributed by atoms with E-state index in [9.17, 15) is 9.59 Å². The van der Waals surface area contributed by atoms with Gasteiger partial charge in [-0.05, 0) is 54.0 Å². The molecule has 4 aromatic rings. The quantitative estimate of drug-likeness (QED) is 0.180.